The molecule has 1 unspecified atom stereocenters. The summed E-state index contributed by atoms with van der Waals surface area (Å²) in [6.07, 6.45) is 3.12. The predicted octanol–water partition coefficient (Wildman–Crippen LogP) is 2.15. The molecular formula is C19H26N4O2. The largest absolute Gasteiger partial charge is 0.342 e. The first kappa shape index (κ1) is 17.6. The molecule has 1 aromatic heterocycles. The van der Waals surface area contributed by atoms with Crippen molar-refractivity contribution in [3.05, 3.63) is 40.4 Å². The molecule has 1 N–H and O–H groups in total. The first-order chi connectivity index (χ1) is 12.1. The fraction of sp³-hybridized carbons (Fsp3) is 0.526. The summed E-state index contributed by atoms with van der Waals surface area (Å²) in [5.41, 5.74) is 0.562. The molecule has 1 aliphatic rings. The smallest absolute Gasteiger partial charge is 0.258 e. The fourth-order valence-corrected chi connectivity index (χ4v) is 3.27. The van der Waals surface area contributed by atoms with Gasteiger partial charge in [0.05, 0.1) is 24.0 Å². The molecule has 2 aromatic rings. The van der Waals surface area contributed by atoms with Crippen molar-refractivity contribution in [1.29, 1.82) is 0 Å². The molecular weight excluding hydrogens is 316 g/mol. The van der Waals surface area contributed by atoms with E-state index >= 15 is 0 Å². The van der Waals surface area contributed by atoms with E-state index in [9.17, 15) is 9.59 Å². The highest BCUT2D eigenvalue weighted by Gasteiger charge is 2.23. The molecule has 1 saturated heterocycles. The Bertz CT molecular complexity index is 795. The van der Waals surface area contributed by atoms with Crippen LogP contribution in [0.5, 0.6) is 0 Å². The van der Waals surface area contributed by atoms with Crippen LogP contribution >= 0.6 is 0 Å². The second kappa shape index (κ2) is 7.78. The standard InChI is InChI=1S/C19H26N4O2/c1-3-14(2)23(13-18(24)22-10-6-7-11-22)12-17-20-16-9-5-4-8-15(16)19(25)21-17/h4-5,8-9,14H,3,6-7,10-13H2,1-2H3,(H,20,21,25). The maximum absolute atomic E-state index is 12.5. The van der Waals surface area contributed by atoms with Gasteiger partial charge < -0.3 is 9.88 Å². The van der Waals surface area contributed by atoms with E-state index < -0.39 is 0 Å². The van der Waals surface area contributed by atoms with E-state index in [0.29, 0.717) is 29.8 Å². The van der Waals surface area contributed by atoms with Gasteiger partial charge in [0, 0.05) is 19.1 Å². The number of aromatic nitrogens is 2. The number of amides is 1. The Morgan fingerprint density at radius 3 is 2.76 bits per heavy atom. The average molecular weight is 342 g/mol. The van der Waals surface area contributed by atoms with E-state index in [1.54, 1.807) is 6.07 Å². The minimum atomic E-state index is -0.129. The van der Waals surface area contributed by atoms with Crippen molar-refractivity contribution in [2.24, 2.45) is 0 Å². The topological polar surface area (TPSA) is 69.3 Å². The van der Waals surface area contributed by atoms with Gasteiger partial charge in [0.1, 0.15) is 5.82 Å². The van der Waals surface area contributed by atoms with Gasteiger partial charge in [0.15, 0.2) is 0 Å². The first-order valence-corrected chi connectivity index (χ1v) is 9.08. The van der Waals surface area contributed by atoms with Crippen LogP contribution in [0.25, 0.3) is 10.9 Å². The van der Waals surface area contributed by atoms with Gasteiger partial charge in [0.25, 0.3) is 5.56 Å². The zero-order valence-corrected chi connectivity index (χ0v) is 15.0. The van der Waals surface area contributed by atoms with Crippen molar-refractivity contribution in [3.63, 3.8) is 0 Å². The van der Waals surface area contributed by atoms with Crippen LogP contribution in [-0.4, -0.2) is 51.4 Å². The van der Waals surface area contributed by atoms with Crippen molar-refractivity contribution < 1.29 is 4.79 Å². The predicted molar refractivity (Wildman–Crippen MR) is 98.3 cm³/mol. The number of carbonyl (C=O) groups is 1. The Kier molecular flexibility index (Phi) is 5.48. The number of para-hydroxylation sites is 1. The minimum absolute atomic E-state index is 0.129. The molecule has 6 heteroatoms. The minimum Gasteiger partial charge on any atom is -0.342 e. The quantitative estimate of drug-likeness (QED) is 0.873. The first-order valence-electron chi connectivity index (χ1n) is 9.08. The summed E-state index contributed by atoms with van der Waals surface area (Å²) in [7, 11) is 0. The zero-order chi connectivity index (χ0) is 17.8. The second-order valence-electron chi connectivity index (χ2n) is 6.78. The number of fused-ring (bicyclic) bond motifs is 1. The summed E-state index contributed by atoms with van der Waals surface area (Å²) in [6, 6.07) is 7.56. The van der Waals surface area contributed by atoms with E-state index in [0.717, 1.165) is 32.4 Å². The maximum Gasteiger partial charge on any atom is 0.258 e. The molecule has 1 aromatic carbocycles. The molecule has 134 valence electrons. The van der Waals surface area contributed by atoms with Gasteiger partial charge in [-0.1, -0.05) is 19.1 Å². The maximum atomic E-state index is 12.5. The third kappa shape index (κ3) is 4.07. The number of nitrogens with zero attached hydrogens (tertiary/aromatic N) is 3. The van der Waals surface area contributed by atoms with Crippen LogP contribution in [0.2, 0.25) is 0 Å². The second-order valence-corrected chi connectivity index (χ2v) is 6.78. The molecule has 1 fully saturated rings. The molecule has 2 heterocycles. The molecule has 0 saturated carbocycles. The van der Waals surface area contributed by atoms with E-state index in [1.165, 1.54) is 0 Å². The molecule has 0 spiro atoms. The van der Waals surface area contributed by atoms with Gasteiger partial charge in [-0.25, -0.2) is 4.98 Å². The highest BCUT2D eigenvalue weighted by Crippen LogP contribution is 2.13. The number of rotatable bonds is 6. The van der Waals surface area contributed by atoms with E-state index in [-0.39, 0.29) is 17.5 Å². The van der Waals surface area contributed by atoms with Gasteiger partial charge >= 0.3 is 0 Å². The molecule has 0 bridgehead atoms. The van der Waals surface area contributed by atoms with Crippen molar-refractivity contribution in [2.45, 2.75) is 45.7 Å². The third-order valence-corrected chi connectivity index (χ3v) is 5.03. The molecule has 1 amide bonds. The fourth-order valence-electron chi connectivity index (χ4n) is 3.27. The lowest BCUT2D eigenvalue weighted by molar-refractivity contribution is -0.132. The van der Waals surface area contributed by atoms with Crippen LogP contribution in [0.15, 0.2) is 29.1 Å². The highest BCUT2D eigenvalue weighted by atomic mass is 16.2. The van der Waals surface area contributed by atoms with Crippen molar-refractivity contribution >= 4 is 16.8 Å². The summed E-state index contributed by atoms with van der Waals surface area (Å²) in [4.78, 5) is 36.3. The number of carbonyl (C=O) groups excluding carboxylic acids is 1. The number of benzene rings is 1. The Hall–Kier alpha value is -2.21. The monoisotopic (exact) mass is 342 g/mol. The van der Waals surface area contributed by atoms with Crippen molar-refractivity contribution in [3.8, 4) is 0 Å². The molecule has 1 atom stereocenters. The Morgan fingerprint density at radius 1 is 1.32 bits per heavy atom. The summed E-state index contributed by atoms with van der Waals surface area (Å²) >= 11 is 0. The normalized spacial score (nSPS) is 15.9. The highest BCUT2D eigenvalue weighted by molar-refractivity contribution is 5.78. The van der Waals surface area contributed by atoms with Crippen molar-refractivity contribution in [1.82, 2.24) is 19.8 Å². The molecule has 3 rings (SSSR count). The van der Waals surface area contributed by atoms with E-state index in [4.69, 9.17) is 0 Å². The zero-order valence-electron chi connectivity index (χ0n) is 15.0. The summed E-state index contributed by atoms with van der Waals surface area (Å²) < 4.78 is 0. The van der Waals surface area contributed by atoms with Crippen molar-refractivity contribution in [2.75, 3.05) is 19.6 Å². The number of H-pyrrole nitrogens is 1. The average Bonchev–Trinajstić information content (AvgIpc) is 3.15. The lowest BCUT2D eigenvalue weighted by Gasteiger charge is -2.29. The van der Waals surface area contributed by atoms with Crippen LogP contribution in [-0.2, 0) is 11.3 Å². The van der Waals surface area contributed by atoms with Crippen LogP contribution in [0, 0.1) is 0 Å². The van der Waals surface area contributed by atoms with Crippen LogP contribution in [0.1, 0.15) is 38.9 Å². The van der Waals surface area contributed by atoms with Crippen LogP contribution in [0.4, 0.5) is 0 Å². The number of likely N-dealkylation sites (tertiary alicyclic amines) is 1. The Balaban J connectivity index is 1.80. The molecule has 0 aliphatic carbocycles. The van der Waals surface area contributed by atoms with Gasteiger partial charge in [-0.05, 0) is 38.3 Å². The third-order valence-electron chi connectivity index (χ3n) is 5.03. The van der Waals surface area contributed by atoms with Gasteiger partial charge in [-0.15, -0.1) is 0 Å². The molecule has 6 nitrogen and oxygen atoms in total. The summed E-state index contributed by atoms with van der Waals surface area (Å²) in [6.45, 7) is 6.77. The Labute approximate surface area is 147 Å². The van der Waals surface area contributed by atoms with Gasteiger partial charge in [-0.2, -0.15) is 0 Å². The molecule has 1 aliphatic heterocycles. The number of hydrogen-bond donors (Lipinski definition) is 1. The van der Waals surface area contributed by atoms with E-state index in [1.807, 2.05) is 23.1 Å². The van der Waals surface area contributed by atoms with E-state index in [2.05, 4.69) is 28.7 Å². The number of nitrogens with one attached hydrogen (secondary N) is 1. The lowest BCUT2D eigenvalue weighted by Crippen LogP contribution is -2.42. The van der Waals surface area contributed by atoms with Gasteiger partial charge in [0.2, 0.25) is 5.91 Å². The number of aromatic amines is 1. The summed E-state index contributed by atoms with van der Waals surface area (Å²) in [5.74, 6) is 0.777. The van der Waals surface area contributed by atoms with Crippen LogP contribution < -0.4 is 5.56 Å². The lowest BCUT2D eigenvalue weighted by atomic mass is 10.2. The summed E-state index contributed by atoms with van der Waals surface area (Å²) in [5, 5.41) is 0.592. The number of hydrogen-bond acceptors (Lipinski definition) is 4. The van der Waals surface area contributed by atoms with Crippen LogP contribution in [0.3, 0.4) is 0 Å². The van der Waals surface area contributed by atoms with Gasteiger partial charge in [-0.3, -0.25) is 14.5 Å². The Morgan fingerprint density at radius 2 is 2.04 bits per heavy atom. The molecule has 25 heavy (non-hydrogen) atoms. The SMILES string of the molecule is CCC(C)N(CC(=O)N1CCCC1)Cc1nc2ccccc2c(=O)[nH]1. The molecule has 0 radical (unpaired) electrons.